The minimum absolute atomic E-state index is 0.268. The number of nitrogens with zero attached hydrogens (tertiary/aromatic N) is 1. The van der Waals surface area contributed by atoms with Gasteiger partial charge in [-0.05, 0) is 44.9 Å². The number of rotatable bonds is 2. The molecule has 1 fully saturated rings. The van der Waals surface area contributed by atoms with E-state index in [4.69, 9.17) is 5.11 Å². The number of aliphatic hydroxyl groups excluding tert-OH is 1. The van der Waals surface area contributed by atoms with Gasteiger partial charge in [0.15, 0.2) is 5.78 Å². The molecule has 2 heterocycles. The van der Waals surface area contributed by atoms with Crippen LogP contribution in [-0.2, 0) is 4.79 Å². The first-order chi connectivity index (χ1) is 8.31. The number of ketones is 1. The monoisotopic (exact) mass is 235 g/mol. The Bertz CT molecular complexity index is 361. The van der Waals surface area contributed by atoms with Crippen LogP contribution in [0.5, 0.6) is 0 Å². The van der Waals surface area contributed by atoms with Crippen LogP contribution in [0.4, 0.5) is 0 Å². The van der Waals surface area contributed by atoms with E-state index >= 15 is 0 Å². The van der Waals surface area contributed by atoms with Crippen molar-refractivity contribution in [3.8, 4) is 0 Å². The SMILES string of the molecule is O=C1CCCC2=C1CC[C@@H]1CC[C@H](CCO)N21. The maximum absolute atomic E-state index is 11.9. The molecule has 1 saturated heterocycles. The normalized spacial score (nSPS) is 32.8. The van der Waals surface area contributed by atoms with Crippen LogP contribution < -0.4 is 0 Å². The third-order valence-electron chi connectivity index (χ3n) is 4.62. The van der Waals surface area contributed by atoms with Crippen LogP contribution in [0, 0.1) is 0 Å². The summed E-state index contributed by atoms with van der Waals surface area (Å²) >= 11 is 0. The van der Waals surface area contributed by atoms with E-state index in [0.717, 1.165) is 44.1 Å². The molecule has 17 heavy (non-hydrogen) atoms. The molecule has 1 N–H and O–H groups in total. The Hall–Kier alpha value is -0.830. The molecule has 3 nitrogen and oxygen atoms in total. The Morgan fingerprint density at radius 1 is 1.18 bits per heavy atom. The van der Waals surface area contributed by atoms with Gasteiger partial charge in [0.25, 0.3) is 0 Å². The second kappa shape index (κ2) is 4.45. The van der Waals surface area contributed by atoms with Gasteiger partial charge in [-0.3, -0.25) is 4.79 Å². The zero-order valence-corrected chi connectivity index (χ0v) is 10.3. The lowest BCUT2D eigenvalue weighted by atomic mass is 9.86. The summed E-state index contributed by atoms with van der Waals surface area (Å²) in [5.41, 5.74) is 2.46. The fourth-order valence-electron chi connectivity index (χ4n) is 3.88. The maximum Gasteiger partial charge on any atom is 0.160 e. The molecule has 0 bridgehead atoms. The minimum atomic E-state index is 0.268. The van der Waals surface area contributed by atoms with Crippen LogP contribution in [0.25, 0.3) is 0 Å². The second-order valence-corrected chi connectivity index (χ2v) is 5.55. The Labute approximate surface area is 102 Å². The van der Waals surface area contributed by atoms with Crippen LogP contribution in [0.15, 0.2) is 11.3 Å². The zero-order valence-electron chi connectivity index (χ0n) is 10.3. The Morgan fingerprint density at radius 3 is 2.88 bits per heavy atom. The van der Waals surface area contributed by atoms with Crippen molar-refractivity contribution >= 4 is 5.78 Å². The molecule has 3 heteroatoms. The van der Waals surface area contributed by atoms with Crippen molar-refractivity contribution in [3.05, 3.63) is 11.3 Å². The van der Waals surface area contributed by atoms with E-state index in [1.807, 2.05) is 0 Å². The average Bonchev–Trinajstić information content (AvgIpc) is 2.74. The molecule has 1 aliphatic carbocycles. The van der Waals surface area contributed by atoms with Gasteiger partial charge in [-0.2, -0.15) is 0 Å². The average molecular weight is 235 g/mol. The first-order valence-electron chi connectivity index (χ1n) is 6.95. The standard InChI is InChI=1S/C14H21NO2/c16-9-8-11-5-4-10-6-7-12-13(15(10)11)2-1-3-14(12)17/h10-11,16H,1-9H2/t10-,11+/m0/s1. The number of carbonyl (C=O) groups is 1. The highest BCUT2D eigenvalue weighted by molar-refractivity contribution is 5.97. The zero-order chi connectivity index (χ0) is 11.8. The smallest absolute Gasteiger partial charge is 0.160 e. The quantitative estimate of drug-likeness (QED) is 0.796. The molecule has 0 aromatic rings. The fourth-order valence-corrected chi connectivity index (χ4v) is 3.88. The van der Waals surface area contributed by atoms with E-state index in [1.165, 1.54) is 18.5 Å². The molecule has 2 aliphatic heterocycles. The molecule has 0 unspecified atom stereocenters. The molecule has 0 spiro atoms. The number of fused-ring (bicyclic) bond motifs is 2. The molecule has 0 radical (unpaired) electrons. The molecule has 0 amide bonds. The van der Waals surface area contributed by atoms with Gasteiger partial charge in [0.05, 0.1) is 0 Å². The van der Waals surface area contributed by atoms with Gasteiger partial charge in [-0.15, -0.1) is 0 Å². The molecule has 3 aliphatic rings. The summed E-state index contributed by atoms with van der Waals surface area (Å²) in [5.74, 6) is 0.388. The number of hydrogen-bond donors (Lipinski definition) is 1. The highest BCUT2D eigenvalue weighted by Crippen LogP contribution is 2.42. The molecule has 0 aromatic carbocycles. The lowest BCUT2D eigenvalue weighted by Crippen LogP contribution is -2.41. The summed E-state index contributed by atoms with van der Waals surface area (Å²) in [6.07, 6.45) is 8.30. The van der Waals surface area contributed by atoms with Gasteiger partial charge in [0.1, 0.15) is 0 Å². The Balaban J connectivity index is 1.91. The number of carbonyl (C=O) groups excluding carboxylic acids is 1. The van der Waals surface area contributed by atoms with Crippen molar-refractivity contribution in [2.45, 2.75) is 63.5 Å². The molecular weight excluding hydrogens is 214 g/mol. The van der Waals surface area contributed by atoms with Gasteiger partial charge in [-0.1, -0.05) is 0 Å². The largest absolute Gasteiger partial charge is 0.396 e. The topological polar surface area (TPSA) is 40.5 Å². The predicted octanol–water partition coefficient (Wildman–Crippen LogP) is 2.00. The van der Waals surface area contributed by atoms with Gasteiger partial charge in [-0.25, -0.2) is 0 Å². The lowest BCUT2D eigenvalue weighted by molar-refractivity contribution is -0.116. The number of Topliss-reactive ketones (excluding diaryl/α,β-unsaturated/α-hetero) is 1. The summed E-state index contributed by atoms with van der Waals surface area (Å²) in [6, 6.07) is 1.14. The van der Waals surface area contributed by atoms with E-state index in [2.05, 4.69) is 4.90 Å². The third-order valence-corrected chi connectivity index (χ3v) is 4.62. The predicted molar refractivity (Wildman–Crippen MR) is 65.5 cm³/mol. The van der Waals surface area contributed by atoms with E-state index in [9.17, 15) is 4.79 Å². The van der Waals surface area contributed by atoms with Gasteiger partial charge < -0.3 is 10.0 Å². The lowest BCUT2D eigenvalue weighted by Gasteiger charge is -2.41. The van der Waals surface area contributed by atoms with Crippen LogP contribution in [-0.4, -0.2) is 34.5 Å². The van der Waals surface area contributed by atoms with E-state index in [-0.39, 0.29) is 6.61 Å². The second-order valence-electron chi connectivity index (χ2n) is 5.55. The summed E-state index contributed by atoms with van der Waals surface area (Å²) in [6.45, 7) is 0.268. The molecule has 0 saturated carbocycles. The van der Waals surface area contributed by atoms with Crippen molar-refractivity contribution in [3.63, 3.8) is 0 Å². The first-order valence-corrected chi connectivity index (χ1v) is 6.95. The molecule has 3 rings (SSSR count). The van der Waals surface area contributed by atoms with E-state index in [0.29, 0.717) is 17.9 Å². The van der Waals surface area contributed by atoms with Crippen molar-refractivity contribution in [2.24, 2.45) is 0 Å². The molecule has 0 aromatic heterocycles. The number of allylic oxidation sites excluding steroid dienone is 2. The summed E-state index contributed by atoms with van der Waals surface area (Å²) in [4.78, 5) is 14.5. The molecule has 94 valence electrons. The summed E-state index contributed by atoms with van der Waals surface area (Å²) in [7, 11) is 0. The minimum Gasteiger partial charge on any atom is -0.396 e. The Kier molecular flexibility index (Phi) is 2.95. The van der Waals surface area contributed by atoms with Gasteiger partial charge in [0.2, 0.25) is 0 Å². The first kappa shape index (κ1) is 11.3. The summed E-state index contributed by atoms with van der Waals surface area (Å²) in [5, 5.41) is 9.16. The van der Waals surface area contributed by atoms with Crippen LogP contribution >= 0.6 is 0 Å². The highest BCUT2D eigenvalue weighted by atomic mass is 16.3. The number of hydrogen-bond acceptors (Lipinski definition) is 3. The molecular formula is C14H21NO2. The van der Waals surface area contributed by atoms with Crippen molar-refractivity contribution in [2.75, 3.05) is 6.61 Å². The molecule has 2 atom stereocenters. The van der Waals surface area contributed by atoms with Crippen molar-refractivity contribution in [1.82, 2.24) is 4.90 Å². The van der Waals surface area contributed by atoms with Crippen molar-refractivity contribution < 1.29 is 9.90 Å². The maximum atomic E-state index is 11.9. The van der Waals surface area contributed by atoms with Crippen LogP contribution in [0.2, 0.25) is 0 Å². The van der Waals surface area contributed by atoms with Crippen LogP contribution in [0.3, 0.4) is 0 Å². The van der Waals surface area contributed by atoms with Crippen molar-refractivity contribution in [1.29, 1.82) is 0 Å². The van der Waals surface area contributed by atoms with E-state index < -0.39 is 0 Å². The van der Waals surface area contributed by atoms with Crippen LogP contribution in [0.1, 0.15) is 51.4 Å². The Morgan fingerprint density at radius 2 is 2.06 bits per heavy atom. The summed E-state index contributed by atoms with van der Waals surface area (Å²) < 4.78 is 0. The highest BCUT2D eigenvalue weighted by Gasteiger charge is 2.40. The number of aliphatic hydroxyl groups is 1. The van der Waals surface area contributed by atoms with Gasteiger partial charge in [0, 0.05) is 36.4 Å². The fraction of sp³-hybridized carbons (Fsp3) is 0.786. The third kappa shape index (κ3) is 1.81. The van der Waals surface area contributed by atoms with E-state index in [1.54, 1.807) is 0 Å². The van der Waals surface area contributed by atoms with Gasteiger partial charge >= 0.3 is 0 Å².